The smallest absolute Gasteiger partial charge is 0.244 e. The molecule has 102 valence electrons. The fourth-order valence-corrected chi connectivity index (χ4v) is 3.11. The molecule has 3 nitrogen and oxygen atoms in total. The second kappa shape index (κ2) is 5.61. The first-order valence-electron chi connectivity index (χ1n) is 6.52. The third kappa shape index (κ3) is 2.66. The molecule has 2 aromatic rings. The Hall–Kier alpha value is -1.91. The molecule has 1 aliphatic rings. The van der Waals surface area contributed by atoms with Gasteiger partial charge in [0.25, 0.3) is 0 Å². The van der Waals surface area contributed by atoms with Crippen molar-refractivity contribution in [2.75, 3.05) is 0 Å². The van der Waals surface area contributed by atoms with Crippen molar-refractivity contribution in [3.63, 3.8) is 0 Å². The van der Waals surface area contributed by atoms with Crippen LogP contribution in [0.4, 0.5) is 0 Å². The van der Waals surface area contributed by atoms with Crippen molar-refractivity contribution in [3.8, 4) is 0 Å². The van der Waals surface area contributed by atoms with Gasteiger partial charge in [-0.15, -0.1) is 11.3 Å². The highest BCUT2D eigenvalue weighted by Gasteiger charge is 2.31. The van der Waals surface area contributed by atoms with Crippen LogP contribution in [0, 0.1) is 0 Å². The van der Waals surface area contributed by atoms with Crippen LogP contribution in [0.1, 0.15) is 22.0 Å². The van der Waals surface area contributed by atoms with Crippen molar-refractivity contribution >= 4 is 23.3 Å². The topological polar surface area (TPSA) is 49.3 Å². The fraction of sp³-hybridized carbons (Fsp3) is 0.188. The molecule has 4 heteroatoms. The minimum atomic E-state index is -0.550. The third-order valence-electron chi connectivity index (χ3n) is 3.44. The summed E-state index contributed by atoms with van der Waals surface area (Å²) in [4.78, 5) is 13.0. The fourth-order valence-electron chi connectivity index (χ4n) is 2.49. The molecule has 0 radical (unpaired) electrons. The molecular formula is C16H15NO2S. The summed E-state index contributed by atoms with van der Waals surface area (Å²) in [5, 5.41) is 14.9. The molecule has 0 aliphatic heterocycles. The van der Waals surface area contributed by atoms with Gasteiger partial charge in [0.2, 0.25) is 5.91 Å². The van der Waals surface area contributed by atoms with Gasteiger partial charge in [0.1, 0.15) is 0 Å². The van der Waals surface area contributed by atoms with Crippen LogP contribution in [0.5, 0.6) is 0 Å². The Morgan fingerprint density at radius 1 is 1.30 bits per heavy atom. The van der Waals surface area contributed by atoms with Crippen molar-refractivity contribution in [1.82, 2.24) is 5.32 Å². The molecule has 1 aromatic carbocycles. The van der Waals surface area contributed by atoms with Gasteiger partial charge in [0, 0.05) is 17.4 Å². The number of amides is 1. The molecule has 20 heavy (non-hydrogen) atoms. The third-order valence-corrected chi connectivity index (χ3v) is 4.28. The average Bonchev–Trinajstić information content (AvgIpc) is 3.06. The molecule has 0 unspecified atom stereocenters. The van der Waals surface area contributed by atoms with E-state index in [4.69, 9.17) is 0 Å². The summed E-state index contributed by atoms with van der Waals surface area (Å²) in [5.74, 6) is -0.181. The van der Waals surface area contributed by atoms with Crippen LogP contribution in [0.15, 0.2) is 47.9 Å². The van der Waals surface area contributed by atoms with E-state index in [0.29, 0.717) is 6.42 Å². The molecule has 1 aliphatic carbocycles. The summed E-state index contributed by atoms with van der Waals surface area (Å²) < 4.78 is 0. The molecular weight excluding hydrogens is 270 g/mol. The molecule has 0 fully saturated rings. The number of rotatable bonds is 3. The van der Waals surface area contributed by atoms with Crippen LogP contribution in [0.25, 0.3) is 6.08 Å². The van der Waals surface area contributed by atoms with Crippen molar-refractivity contribution < 1.29 is 9.90 Å². The van der Waals surface area contributed by atoms with Gasteiger partial charge in [-0.3, -0.25) is 4.79 Å². The molecule has 1 aromatic heterocycles. The molecule has 1 heterocycles. The first kappa shape index (κ1) is 13.1. The van der Waals surface area contributed by atoms with Gasteiger partial charge in [-0.25, -0.2) is 0 Å². The summed E-state index contributed by atoms with van der Waals surface area (Å²) >= 11 is 1.58. The zero-order chi connectivity index (χ0) is 13.9. The Morgan fingerprint density at radius 3 is 2.95 bits per heavy atom. The van der Waals surface area contributed by atoms with Crippen LogP contribution in [-0.2, 0) is 11.2 Å². The van der Waals surface area contributed by atoms with E-state index in [0.717, 1.165) is 16.0 Å². The molecule has 0 bridgehead atoms. The van der Waals surface area contributed by atoms with E-state index in [2.05, 4.69) is 5.32 Å². The lowest BCUT2D eigenvalue weighted by Crippen LogP contribution is -2.32. The van der Waals surface area contributed by atoms with Gasteiger partial charge < -0.3 is 10.4 Å². The highest BCUT2D eigenvalue weighted by atomic mass is 32.1. The summed E-state index contributed by atoms with van der Waals surface area (Å²) in [6.45, 7) is 0. The van der Waals surface area contributed by atoms with Crippen LogP contribution in [-0.4, -0.2) is 17.1 Å². The van der Waals surface area contributed by atoms with Gasteiger partial charge in [0.15, 0.2) is 0 Å². The predicted molar refractivity (Wildman–Crippen MR) is 80.4 cm³/mol. The molecule has 0 saturated carbocycles. The number of fused-ring (bicyclic) bond motifs is 1. The van der Waals surface area contributed by atoms with Gasteiger partial charge in [-0.1, -0.05) is 30.3 Å². The van der Waals surface area contributed by atoms with Crippen molar-refractivity contribution in [2.24, 2.45) is 0 Å². The summed E-state index contributed by atoms with van der Waals surface area (Å²) in [6, 6.07) is 11.4. The Balaban J connectivity index is 1.70. The second-order valence-corrected chi connectivity index (χ2v) is 5.78. The van der Waals surface area contributed by atoms with Crippen molar-refractivity contribution in [2.45, 2.75) is 18.6 Å². The van der Waals surface area contributed by atoms with E-state index < -0.39 is 6.10 Å². The van der Waals surface area contributed by atoms with E-state index in [1.807, 2.05) is 41.8 Å². The van der Waals surface area contributed by atoms with Crippen molar-refractivity contribution in [3.05, 3.63) is 63.9 Å². The first-order chi connectivity index (χ1) is 9.74. The monoisotopic (exact) mass is 285 g/mol. The molecule has 2 atom stereocenters. The molecule has 0 spiro atoms. The lowest BCUT2D eigenvalue weighted by Gasteiger charge is -2.16. The van der Waals surface area contributed by atoms with E-state index in [1.165, 1.54) is 6.08 Å². The number of aliphatic hydroxyl groups excluding tert-OH is 1. The number of thiophene rings is 1. The van der Waals surface area contributed by atoms with Gasteiger partial charge in [0.05, 0.1) is 12.1 Å². The maximum Gasteiger partial charge on any atom is 0.244 e. The number of carbonyl (C=O) groups is 1. The lowest BCUT2D eigenvalue weighted by atomic mass is 10.1. The maximum absolute atomic E-state index is 11.9. The Labute approximate surface area is 121 Å². The normalized spacial score (nSPS) is 21.1. The Morgan fingerprint density at radius 2 is 2.15 bits per heavy atom. The number of nitrogens with one attached hydrogen (secondary N) is 1. The number of aliphatic hydroxyl groups is 1. The number of hydrogen-bond donors (Lipinski definition) is 2. The minimum Gasteiger partial charge on any atom is -0.390 e. The van der Waals surface area contributed by atoms with Crippen molar-refractivity contribution in [1.29, 1.82) is 0 Å². The van der Waals surface area contributed by atoms with Gasteiger partial charge in [-0.2, -0.15) is 0 Å². The van der Waals surface area contributed by atoms with Crippen LogP contribution < -0.4 is 5.32 Å². The SMILES string of the molecule is O=C(/C=C/c1cccs1)N[C@H]1c2ccccc2C[C@H]1O. The standard InChI is InChI=1S/C16H15NO2S/c18-14-10-11-4-1-2-6-13(11)16(14)17-15(19)8-7-12-5-3-9-20-12/h1-9,14,16,18H,10H2,(H,17,19)/b8-7+/t14-,16+/m1/s1. The zero-order valence-electron chi connectivity index (χ0n) is 10.8. The van der Waals surface area contributed by atoms with Crippen LogP contribution >= 0.6 is 11.3 Å². The Bertz CT molecular complexity index is 634. The average molecular weight is 285 g/mol. The van der Waals surface area contributed by atoms with E-state index in [-0.39, 0.29) is 11.9 Å². The molecule has 3 rings (SSSR count). The molecule has 1 amide bonds. The van der Waals surface area contributed by atoms with Crippen LogP contribution in [0.3, 0.4) is 0 Å². The van der Waals surface area contributed by atoms with Crippen LogP contribution in [0.2, 0.25) is 0 Å². The number of hydrogen-bond acceptors (Lipinski definition) is 3. The van der Waals surface area contributed by atoms with E-state index in [9.17, 15) is 9.90 Å². The van der Waals surface area contributed by atoms with E-state index >= 15 is 0 Å². The number of carbonyl (C=O) groups excluding carboxylic acids is 1. The Kier molecular flexibility index (Phi) is 3.67. The minimum absolute atomic E-state index is 0.181. The number of benzene rings is 1. The predicted octanol–water partition coefficient (Wildman–Crippen LogP) is 2.54. The lowest BCUT2D eigenvalue weighted by molar-refractivity contribution is -0.117. The first-order valence-corrected chi connectivity index (χ1v) is 7.40. The molecule has 0 saturated heterocycles. The van der Waals surface area contributed by atoms with Gasteiger partial charge in [-0.05, 0) is 28.6 Å². The molecule has 2 N–H and O–H groups in total. The largest absolute Gasteiger partial charge is 0.390 e. The summed E-state index contributed by atoms with van der Waals surface area (Å²) in [6.07, 6.45) is 3.34. The maximum atomic E-state index is 11.9. The summed E-state index contributed by atoms with van der Waals surface area (Å²) in [7, 11) is 0. The quantitative estimate of drug-likeness (QED) is 0.851. The summed E-state index contributed by atoms with van der Waals surface area (Å²) in [5.41, 5.74) is 2.12. The van der Waals surface area contributed by atoms with E-state index in [1.54, 1.807) is 17.4 Å². The van der Waals surface area contributed by atoms with Gasteiger partial charge >= 0.3 is 0 Å². The second-order valence-electron chi connectivity index (χ2n) is 4.81. The highest BCUT2D eigenvalue weighted by molar-refractivity contribution is 7.10. The zero-order valence-corrected chi connectivity index (χ0v) is 11.6. The highest BCUT2D eigenvalue weighted by Crippen LogP contribution is 2.31.